The average Bonchev–Trinajstić information content (AvgIpc) is 2.24. The van der Waals surface area contributed by atoms with Gasteiger partial charge in [0.1, 0.15) is 5.82 Å². The standard InChI is InChI=1S/C10H3F9O/c11-6-2-4(1-5(3-6)9(14,15)16)7(20)8(12,13)10(17,18)19/h1-3H. The van der Waals surface area contributed by atoms with E-state index in [-0.39, 0.29) is 18.2 Å². The maximum atomic E-state index is 12.8. The fourth-order valence-electron chi connectivity index (χ4n) is 1.19. The Morgan fingerprint density at radius 1 is 0.850 bits per heavy atom. The lowest BCUT2D eigenvalue weighted by Gasteiger charge is -2.18. The van der Waals surface area contributed by atoms with Crippen LogP contribution in [0, 0.1) is 5.82 Å². The van der Waals surface area contributed by atoms with Crippen molar-refractivity contribution in [1.82, 2.24) is 0 Å². The molecule has 0 saturated heterocycles. The molecule has 1 aromatic rings. The third-order valence-corrected chi connectivity index (χ3v) is 2.13. The van der Waals surface area contributed by atoms with Crippen molar-refractivity contribution in [1.29, 1.82) is 0 Å². The van der Waals surface area contributed by atoms with E-state index in [0.29, 0.717) is 0 Å². The van der Waals surface area contributed by atoms with E-state index in [1.165, 1.54) is 0 Å². The smallest absolute Gasteiger partial charge is 0.287 e. The Balaban J connectivity index is 3.35. The Labute approximate surface area is 105 Å². The first-order chi connectivity index (χ1) is 8.76. The third-order valence-electron chi connectivity index (χ3n) is 2.13. The summed E-state index contributed by atoms with van der Waals surface area (Å²) in [5.41, 5.74) is -3.57. The summed E-state index contributed by atoms with van der Waals surface area (Å²) in [4.78, 5) is 10.9. The van der Waals surface area contributed by atoms with Crippen molar-refractivity contribution in [3.63, 3.8) is 0 Å². The van der Waals surface area contributed by atoms with Gasteiger partial charge in [0.05, 0.1) is 5.56 Å². The van der Waals surface area contributed by atoms with Gasteiger partial charge in [-0.25, -0.2) is 4.39 Å². The molecule has 0 unspecified atom stereocenters. The molecule has 0 aliphatic rings. The van der Waals surface area contributed by atoms with Crippen molar-refractivity contribution in [2.75, 3.05) is 0 Å². The van der Waals surface area contributed by atoms with Gasteiger partial charge in [0.15, 0.2) is 0 Å². The van der Waals surface area contributed by atoms with Gasteiger partial charge < -0.3 is 0 Å². The molecule has 0 fully saturated rings. The van der Waals surface area contributed by atoms with Crippen LogP contribution in [0.25, 0.3) is 0 Å². The molecule has 0 heterocycles. The predicted molar refractivity (Wildman–Crippen MR) is 46.7 cm³/mol. The Morgan fingerprint density at radius 2 is 1.35 bits per heavy atom. The number of hydrogen-bond acceptors (Lipinski definition) is 1. The highest BCUT2D eigenvalue weighted by Gasteiger charge is 2.63. The van der Waals surface area contributed by atoms with E-state index in [0.717, 1.165) is 0 Å². The Morgan fingerprint density at radius 3 is 1.75 bits per heavy atom. The number of halogens is 9. The maximum absolute atomic E-state index is 12.8. The summed E-state index contributed by atoms with van der Waals surface area (Å²) in [6.45, 7) is 0. The number of benzene rings is 1. The fourth-order valence-corrected chi connectivity index (χ4v) is 1.19. The van der Waals surface area contributed by atoms with Crippen LogP contribution in [-0.2, 0) is 6.18 Å². The first kappa shape index (κ1) is 16.3. The van der Waals surface area contributed by atoms with Crippen LogP contribution < -0.4 is 0 Å². The van der Waals surface area contributed by atoms with Gasteiger partial charge in [-0.2, -0.15) is 35.1 Å². The van der Waals surface area contributed by atoms with Crippen LogP contribution in [0.15, 0.2) is 18.2 Å². The average molecular weight is 310 g/mol. The normalized spacial score (nSPS) is 13.4. The summed E-state index contributed by atoms with van der Waals surface area (Å²) in [6, 6.07) is -0.537. The van der Waals surface area contributed by atoms with Gasteiger partial charge in [0.2, 0.25) is 5.78 Å². The van der Waals surface area contributed by atoms with Gasteiger partial charge in [0, 0.05) is 5.56 Å². The minimum Gasteiger partial charge on any atom is -0.287 e. The lowest BCUT2D eigenvalue weighted by atomic mass is 10.0. The van der Waals surface area contributed by atoms with Gasteiger partial charge in [0.25, 0.3) is 0 Å². The number of carbonyl (C=O) groups excluding carboxylic acids is 1. The first-order valence-electron chi connectivity index (χ1n) is 4.64. The Kier molecular flexibility index (Phi) is 3.81. The zero-order valence-electron chi connectivity index (χ0n) is 9.04. The van der Waals surface area contributed by atoms with Crippen LogP contribution in [0.1, 0.15) is 15.9 Å². The molecule has 10 heteroatoms. The van der Waals surface area contributed by atoms with Gasteiger partial charge in [-0.15, -0.1) is 0 Å². The highest BCUT2D eigenvalue weighted by molar-refractivity contribution is 6.02. The molecule has 20 heavy (non-hydrogen) atoms. The number of alkyl halides is 8. The number of carbonyl (C=O) groups is 1. The molecule has 1 nitrogen and oxygen atoms in total. The van der Waals surface area contributed by atoms with Crippen molar-refractivity contribution in [3.05, 3.63) is 35.1 Å². The van der Waals surface area contributed by atoms with Crippen molar-refractivity contribution >= 4 is 5.78 Å². The molecule has 0 spiro atoms. The van der Waals surface area contributed by atoms with Crippen LogP contribution >= 0.6 is 0 Å². The third kappa shape index (κ3) is 3.05. The molecule has 0 aliphatic heterocycles. The zero-order chi connectivity index (χ0) is 15.9. The maximum Gasteiger partial charge on any atom is 0.461 e. The Hall–Kier alpha value is -1.74. The highest BCUT2D eigenvalue weighted by atomic mass is 19.4. The molecule has 0 aliphatic carbocycles. The van der Waals surface area contributed by atoms with Crippen molar-refractivity contribution in [3.8, 4) is 0 Å². The zero-order valence-corrected chi connectivity index (χ0v) is 9.04. The molecule has 0 aromatic heterocycles. The van der Waals surface area contributed by atoms with Crippen LogP contribution in [-0.4, -0.2) is 17.9 Å². The molecule has 0 bridgehead atoms. The molecule has 0 amide bonds. The Bertz CT molecular complexity index is 527. The molecular formula is C10H3F9O. The molecular weight excluding hydrogens is 307 g/mol. The summed E-state index contributed by atoms with van der Waals surface area (Å²) in [5, 5.41) is 0. The molecule has 0 saturated carbocycles. The van der Waals surface area contributed by atoms with Crippen molar-refractivity contribution in [2.45, 2.75) is 18.3 Å². The van der Waals surface area contributed by atoms with E-state index >= 15 is 0 Å². The first-order valence-corrected chi connectivity index (χ1v) is 4.64. The van der Waals surface area contributed by atoms with E-state index in [1.807, 2.05) is 0 Å². The summed E-state index contributed by atoms with van der Waals surface area (Å²) in [6.07, 6.45) is -11.5. The van der Waals surface area contributed by atoms with Crippen LogP contribution in [0.5, 0.6) is 0 Å². The largest absolute Gasteiger partial charge is 0.461 e. The van der Waals surface area contributed by atoms with Gasteiger partial charge >= 0.3 is 18.3 Å². The number of rotatable bonds is 2. The summed E-state index contributed by atoms with van der Waals surface area (Å²) in [7, 11) is 0. The summed E-state index contributed by atoms with van der Waals surface area (Å²) in [5.74, 6) is -10.6. The van der Waals surface area contributed by atoms with Gasteiger partial charge in [-0.05, 0) is 18.2 Å². The number of ketones is 1. The second kappa shape index (κ2) is 4.67. The van der Waals surface area contributed by atoms with Crippen LogP contribution in [0.4, 0.5) is 39.5 Å². The quantitative estimate of drug-likeness (QED) is 0.590. The second-order valence-corrected chi connectivity index (χ2v) is 3.63. The lowest BCUT2D eigenvalue weighted by molar-refractivity contribution is -0.255. The molecule has 0 atom stereocenters. The van der Waals surface area contributed by atoms with Crippen LogP contribution in [0.2, 0.25) is 0 Å². The molecule has 1 aromatic carbocycles. The van der Waals surface area contributed by atoms with Crippen molar-refractivity contribution in [2.24, 2.45) is 0 Å². The van der Waals surface area contributed by atoms with Gasteiger partial charge in [-0.3, -0.25) is 4.79 Å². The summed E-state index contributed by atoms with van der Waals surface area (Å²) < 4.78 is 111. The number of Topliss-reactive ketones (excluding diaryl/α,β-unsaturated/α-hetero) is 1. The number of hydrogen-bond donors (Lipinski definition) is 0. The molecule has 1 rings (SSSR count). The van der Waals surface area contributed by atoms with Crippen molar-refractivity contribution < 1.29 is 44.3 Å². The SMILES string of the molecule is O=C(c1cc(F)cc(C(F)(F)F)c1)C(F)(F)C(F)(F)F. The lowest BCUT2D eigenvalue weighted by Crippen LogP contribution is -2.44. The second-order valence-electron chi connectivity index (χ2n) is 3.63. The predicted octanol–water partition coefficient (Wildman–Crippen LogP) is 4.22. The molecule has 0 radical (unpaired) electrons. The topological polar surface area (TPSA) is 17.1 Å². The fraction of sp³-hybridized carbons (Fsp3) is 0.300. The van der Waals surface area contributed by atoms with Gasteiger partial charge in [-0.1, -0.05) is 0 Å². The van der Waals surface area contributed by atoms with E-state index in [1.54, 1.807) is 0 Å². The minimum absolute atomic E-state index is 0.128. The van der Waals surface area contributed by atoms with E-state index in [4.69, 9.17) is 0 Å². The molecule has 0 N–H and O–H groups in total. The molecule has 112 valence electrons. The summed E-state index contributed by atoms with van der Waals surface area (Å²) >= 11 is 0. The van der Waals surface area contributed by atoms with Crippen LogP contribution in [0.3, 0.4) is 0 Å². The van der Waals surface area contributed by atoms with E-state index in [9.17, 15) is 44.3 Å². The monoisotopic (exact) mass is 310 g/mol. The highest BCUT2D eigenvalue weighted by Crippen LogP contribution is 2.39. The van der Waals surface area contributed by atoms with E-state index < -0.39 is 41.0 Å². The minimum atomic E-state index is -6.30. The van der Waals surface area contributed by atoms with E-state index in [2.05, 4.69) is 0 Å².